The highest BCUT2D eigenvalue weighted by Crippen LogP contribution is 1.89. The van der Waals surface area contributed by atoms with Crippen LogP contribution in [0.2, 0.25) is 0 Å². The highest BCUT2D eigenvalue weighted by Gasteiger charge is 1.98. The molecule has 0 saturated carbocycles. The largest absolute Gasteiger partial charge is 0.369 e. The van der Waals surface area contributed by atoms with Crippen LogP contribution in [0.5, 0.6) is 0 Å². The van der Waals surface area contributed by atoms with Gasteiger partial charge in [-0.3, -0.25) is 14.7 Å². The second-order valence-electron chi connectivity index (χ2n) is 3.41. The first-order chi connectivity index (χ1) is 7.99. The van der Waals surface area contributed by atoms with Crippen molar-refractivity contribution in [1.82, 2.24) is 9.78 Å². The third-order valence-corrected chi connectivity index (χ3v) is 1.92. The van der Waals surface area contributed by atoms with Crippen molar-refractivity contribution in [1.29, 1.82) is 0 Å². The number of guanidine groups is 1. The molecule has 1 aromatic rings. The predicted molar refractivity (Wildman–Crippen MR) is 64.9 cm³/mol. The van der Waals surface area contributed by atoms with Crippen molar-refractivity contribution in [2.45, 2.75) is 19.9 Å². The van der Waals surface area contributed by atoms with E-state index >= 15 is 0 Å². The molecule has 0 radical (unpaired) electrons. The zero-order valence-electron chi connectivity index (χ0n) is 9.38. The Balaban J connectivity index is 2.71. The van der Waals surface area contributed by atoms with Crippen LogP contribution in [-0.4, -0.2) is 21.5 Å². The minimum absolute atomic E-state index is 0.130. The fraction of sp³-hybridized carbons (Fsp3) is 0.333. The maximum atomic E-state index is 11.3. The number of nitrogens with two attached hydrogens (primary N) is 2. The van der Waals surface area contributed by atoms with Crippen LogP contribution in [-0.2, 0) is 6.54 Å². The second-order valence-corrected chi connectivity index (χ2v) is 3.41. The Bertz CT molecular complexity index is 549. The van der Waals surface area contributed by atoms with Crippen LogP contribution in [0.4, 0.5) is 0 Å². The first-order valence-corrected chi connectivity index (χ1v) is 4.91. The molecular weight excluding hydrogens is 224 g/mol. The molecule has 0 unspecified atom stereocenters. The van der Waals surface area contributed by atoms with E-state index in [0.29, 0.717) is 18.7 Å². The Morgan fingerprint density at radius 2 is 2.06 bits per heavy atom. The van der Waals surface area contributed by atoms with E-state index in [2.05, 4.69) is 15.3 Å². The normalized spacial score (nSPS) is 11.2. The Hall–Kier alpha value is -2.38. The van der Waals surface area contributed by atoms with E-state index in [9.17, 15) is 9.59 Å². The van der Waals surface area contributed by atoms with Crippen molar-refractivity contribution in [3.05, 3.63) is 32.8 Å². The van der Waals surface area contributed by atoms with E-state index in [4.69, 9.17) is 11.5 Å². The molecule has 1 rings (SSSR count). The number of nitrogens with zero attached hydrogens (tertiary/aromatic N) is 3. The molecule has 0 amide bonds. The fourth-order valence-corrected chi connectivity index (χ4v) is 1.10. The van der Waals surface area contributed by atoms with Gasteiger partial charge in [0.05, 0.1) is 0 Å². The van der Waals surface area contributed by atoms with Crippen LogP contribution >= 0.6 is 0 Å². The number of nitrogens with one attached hydrogen (secondary N) is 1. The van der Waals surface area contributed by atoms with Gasteiger partial charge in [-0.1, -0.05) is 0 Å². The smallest absolute Gasteiger partial charge is 0.265 e. The van der Waals surface area contributed by atoms with Crippen LogP contribution in [0.1, 0.15) is 13.3 Å². The van der Waals surface area contributed by atoms with Crippen LogP contribution < -0.4 is 22.6 Å². The molecule has 0 aliphatic heterocycles. The van der Waals surface area contributed by atoms with Gasteiger partial charge >= 0.3 is 0 Å². The van der Waals surface area contributed by atoms with E-state index < -0.39 is 0 Å². The Morgan fingerprint density at radius 1 is 1.35 bits per heavy atom. The van der Waals surface area contributed by atoms with E-state index in [0.717, 1.165) is 0 Å². The van der Waals surface area contributed by atoms with Crippen molar-refractivity contribution in [3.63, 3.8) is 0 Å². The summed E-state index contributed by atoms with van der Waals surface area (Å²) >= 11 is 0. The van der Waals surface area contributed by atoms with E-state index in [1.165, 1.54) is 16.8 Å². The van der Waals surface area contributed by atoms with Crippen molar-refractivity contribution in [2.75, 3.05) is 0 Å². The number of hydrogen-bond donors (Lipinski definition) is 3. The lowest BCUT2D eigenvalue weighted by Crippen LogP contribution is -2.28. The minimum Gasteiger partial charge on any atom is -0.369 e. The molecule has 8 heteroatoms. The van der Waals surface area contributed by atoms with Crippen LogP contribution in [0.15, 0.2) is 31.9 Å². The molecule has 1 heterocycles. The summed E-state index contributed by atoms with van der Waals surface area (Å²) in [4.78, 5) is 22.3. The molecule has 0 spiro atoms. The average Bonchev–Trinajstić information content (AvgIpc) is 2.27. The minimum atomic E-state index is -0.330. The first-order valence-electron chi connectivity index (χ1n) is 4.91. The average molecular weight is 238 g/mol. The van der Waals surface area contributed by atoms with E-state index in [-0.39, 0.29) is 17.1 Å². The highest BCUT2D eigenvalue weighted by atomic mass is 16.1. The summed E-state index contributed by atoms with van der Waals surface area (Å²) in [6.45, 7) is 2.03. The van der Waals surface area contributed by atoms with Gasteiger partial charge in [-0.2, -0.15) is 5.10 Å². The van der Waals surface area contributed by atoms with Gasteiger partial charge in [-0.15, -0.1) is 5.10 Å². The number of aromatic nitrogens is 2. The molecule has 1 aromatic heterocycles. The Morgan fingerprint density at radius 3 is 2.71 bits per heavy atom. The lowest BCUT2D eigenvalue weighted by Gasteiger charge is -2.03. The molecular formula is C9H14N6O2. The summed E-state index contributed by atoms with van der Waals surface area (Å²) in [5.41, 5.74) is 10.3. The SMILES string of the molecule is C/C(CCn1[nH]c(=O)ccc1=O)=N/N=C(N)N. The van der Waals surface area contributed by atoms with Crippen LogP contribution in [0, 0.1) is 0 Å². The summed E-state index contributed by atoms with van der Waals surface area (Å²) in [6.07, 6.45) is 0.455. The summed E-state index contributed by atoms with van der Waals surface area (Å²) < 4.78 is 1.21. The van der Waals surface area contributed by atoms with Crippen LogP contribution in [0.25, 0.3) is 0 Å². The fourth-order valence-electron chi connectivity index (χ4n) is 1.10. The van der Waals surface area contributed by atoms with Crippen molar-refractivity contribution >= 4 is 11.7 Å². The topological polar surface area (TPSA) is 132 Å². The number of hydrogen-bond acceptors (Lipinski definition) is 4. The Labute approximate surface area is 96.6 Å². The second kappa shape index (κ2) is 5.64. The van der Waals surface area contributed by atoms with Gasteiger partial charge in [0.1, 0.15) is 0 Å². The third-order valence-electron chi connectivity index (χ3n) is 1.92. The first kappa shape index (κ1) is 12.7. The maximum Gasteiger partial charge on any atom is 0.265 e. The summed E-state index contributed by atoms with van der Waals surface area (Å²) in [7, 11) is 0. The lowest BCUT2D eigenvalue weighted by molar-refractivity contribution is 0.584. The zero-order valence-corrected chi connectivity index (χ0v) is 9.38. The monoisotopic (exact) mass is 238 g/mol. The number of aryl methyl sites for hydroxylation is 1. The predicted octanol–water partition coefficient (Wildman–Crippen LogP) is -1.42. The van der Waals surface area contributed by atoms with Crippen LogP contribution in [0.3, 0.4) is 0 Å². The molecule has 0 bridgehead atoms. The molecule has 0 aliphatic carbocycles. The molecule has 92 valence electrons. The molecule has 0 aromatic carbocycles. The van der Waals surface area contributed by atoms with E-state index in [1.54, 1.807) is 6.92 Å². The van der Waals surface area contributed by atoms with Gasteiger partial charge in [0.15, 0.2) is 0 Å². The maximum absolute atomic E-state index is 11.3. The molecule has 0 saturated heterocycles. The Kier molecular flexibility index (Phi) is 4.21. The summed E-state index contributed by atoms with van der Waals surface area (Å²) in [5.74, 6) is -0.130. The van der Waals surface area contributed by atoms with Gasteiger partial charge in [0, 0.05) is 30.8 Å². The lowest BCUT2D eigenvalue weighted by atomic mass is 10.3. The van der Waals surface area contributed by atoms with Gasteiger partial charge in [0.25, 0.3) is 11.1 Å². The van der Waals surface area contributed by atoms with Gasteiger partial charge in [0.2, 0.25) is 5.96 Å². The summed E-state index contributed by atoms with van der Waals surface area (Å²) in [6, 6.07) is 2.39. The molecule has 8 nitrogen and oxygen atoms in total. The van der Waals surface area contributed by atoms with Gasteiger partial charge in [-0.05, 0) is 6.92 Å². The molecule has 17 heavy (non-hydrogen) atoms. The molecule has 0 aliphatic rings. The quantitative estimate of drug-likeness (QED) is 0.337. The van der Waals surface area contributed by atoms with E-state index in [1.807, 2.05) is 0 Å². The van der Waals surface area contributed by atoms with Gasteiger partial charge < -0.3 is 11.5 Å². The number of H-pyrrole nitrogens is 1. The number of rotatable bonds is 4. The molecule has 0 fully saturated rings. The standard InChI is InChI=1S/C9H14N6O2/c1-6(12-13-9(10)11)4-5-15-8(17)3-2-7(16)14-15/h2-3H,4-5H2,1H3,(H,14,16)(H4,10,11,13)/b12-6-. The van der Waals surface area contributed by atoms with Crippen molar-refractivity contribution in [3.8, 4) is 0 Å². The van der Waals surface area contributed by atoms with Crippen molar-refractivity contribution in [2.24, 2.45) is 21.7 Å². The number of aromatic amines is 1. The zero-order chi connectivity index (χ0) is 12.8. The molecule has 5 N–H and O–H groups in total. The third kappa shape index (κ3) is 4.33. The molecule has 0 atom stereocenters. The highest BCUT2D eigenvalue weighted by molar-refractivity contribution is 5.83. The van der Waals surface area contributed by atoms with Gasteiger partial charge in [-0.25, -0.2) is 4.68 Å². The van der Waals surface area contributed by atoms with Crippen molar-refractivity contribution < 1.29 is 0 Å². The summed E-state index contributed by atoms with van der Waals surface area (Å²) in [5, 5.41) is 9.62.